The van der Waals surface area contributed by atoms with E-state index in [0.717, 1.165) is 4.31 Å². The van der Waals surface area contributed by atoms with E-state index in [-0.39, 0.29) is 10.8 Å². The van der Waals surface area contributed by atoms with Crippen molar-refractivity contribution in [1.29, 1.82) is 0 Å². The molecular weight excluding hydrogens is 348 g/mol. The van der Waals surface area contributed by atoms with Crippen molar-refractivity contribution in [2.45, 2.75) is 16.6 Å². The van der Waals surface area contributed by atoms with Crippen molar-refractivity contribution in [2.24, 2.45) is 0 Å². The minimum Gasteiger partial charge on any atom is -0.495 e. The summed E-state index contributed by atoms with van der Waals surface area (Å²) < 4.78 is 30.4. The standard InChI is InChI=1S/C12H17BrN2O4S/c1-8(13)12(16)14-10-7-9(5-6-11(10)19-4)20(17,18)15(2)3/h5-8H,1-4H3,(H,14,16). The maximum atomic E-state index is 12.1. The van der Waals surface area contributed by atoms with E-state index >= 15 is 0 Å². The number of rotatable bonds is 5. The number of alkyl halides is 1. The Balaban J connectivity index is 3.26. The summed E-state index contributed by atoms with van der Waals surface area (Å²) in [7, 11) is 0.767. The van der Waals surface area contributed by atoms with E-state index in [0.29, 0.717) is 11.4 Å². The first-order valence-corrected chi connectivity index (χ1v) is 8.11. The number of nitrogens with zero attached hydrogens (tertiary/aromatic N) is 1. The Morgan fingerprint density at radius 1 is 1.40 bits per heavy atom. The Bertz CT molecular complexity index is 599. The molecule has 1 rings (SSSR count). The van der Waals surface area contributed by atoms with Gasteiger partial charge in [-0.2, -0.15) is 0 Å². The van der Waals surface area contributed by atoms with Gasteiger partial charge in [-0.1, -0.05) is 15.9 Å². The van der Waals surface area contributed by atoms with Gasteiger partial charge in [-0.3, -0.25) is 4.79 Å². The Labute approximate surface area is 127 Å². The van der Waals surface area contributed by atoms with Crippen molar-refractivity contribution in [3.8, 4) is 5.75 Å². The third-order valence-corrected chi connectivity index (χ3v) is 4.80. The van der Waals surface area contributed by atoms with E-state index in [4.69, 9.17) is 4.74 Å². The molecule has 0 radical (unpaired) electrons. The van der Waals surface area contributed by atoms with Crippen LogP contribution in [0.15, 0.2) is 23.1 Å². The number of nitrogens with one attached hydrogen (secondary N) is 1. The van der Waals surface area contributed by atoms with Crippen molar-refractivity contribution >= 4 is 37.5 Å². The summed E-state index contributed by atoms with van der Waals surface area (Å²) in [6.45, 7) is 1.67. The van der Waals surface area contributed by atoms with Crippen LogP contribution >= 0.6 is 15.9 Å². The number of sulfonamides is 1. The summed E-state index contributed by atoms with van der Waals surface area (Å²) in [6, 6.07) is 4.31. The number of hydrogen-bond acceptors (Lipinski definition) is 4. The number of ether oxygens (including phenoxy) is 1. The highest BCUT2D eigenvalue weighted by Crippen LogP contribution is 2.28. The molecule has 1 unspecified atom stereocenters. The predicted molar refractivity (Wildman–Crippen MR) is 80.9 cm³/mol. The number of amides is 1. The van der Waals surface area contributed by atoms with Crippen LogP contribution in [0.1, 0.15) is 6.92 Å². The molecule has 0 aliphatic heterocycles. The van der Waals surface area contributed by atoms with Crippen LogP contribution < -0.4 is 10.1 Å². The van der Waals surface area contributed by atoms with Crippen LogP contribution in [0.5, 0.6) is 5.75 Å². The molecule has 1 N–H and O–H groups in total. The van der Waals surface area contributed by atoms with E-state index in [2.05, 4.69) is 21.2 Å². The van der Waals surface area contributed by atoms with Gasteiger partial charge in [-0.15, -0.1) is 0 Å². The van der Waals surface area contributed by atoms with Gasteiger partial charge in [0.25, 0.3) is 0 Å². The maximum absolute atomic E-state index is 12.1. The lowest BCUT2D eigenvalue weighted by molar-refractivity contribution is -0.115. The van der Waals surface area contributed by atoms with Crippen molar-refractivity contribution < 1.29 is 17.9 Å². The van der Waals surface area contributed by atoms with Crippen LogP contribution in [0, 0.1) is 0 Å². The number of anilines is 1. The second-order valence-electron chi connectivity index (χ2n) is 4.25. The molecule has 8 heteroatoms. The fraction of sp³-hybridized carbons (Fsp3) is 0.417. The summed E-state index contributed by atoms with van der Waals surface area (Å²) in [5.41, 5.74) is 0.312. The van der Waals surface area contributed by atoms with Crippen molar-refractivity contribution in [3.05, 3.63) is 18.2 Å². The van der Waals surface area contributed by atoms with Crippen molar-refractivity contribution in [2.75, 3.05) is 26.5 Å². The largest absolute Gasteiger partial charge is 0.495 e. The number of carbonyl (C=O) groups is 1. The van der Waals surface area contributed by atoms with Gasteiger partial charge in [0.15, 0.2) is 0 Å². The molecular formula is C12H17BrN2O4S. The van der Waals surface area contributed by atoms with Crippen molar-refractivity contribution in [1.82, 2.24) is 4.31 Å². The molecule has 112 valence electrons. The zero-order valence-corrected chi connectivity index (χ0v) is 14.1. The van der Waals surface area contributed by atoms with Crippen LogP contribution in [0.25, 0.3) is 0 Å². The van der Waals surface area contributed by atoms with E-state index in [1.54, 1.807) is 6.92 Å². The summed E-state index contributed by atoms with van der Waals surface area (Å²) in [4.78, 5) is 11.4. The molecule has 1 atom stereocenters. The molecule has 0 saturated heterocycles. The summed E-state index contributed by atoms with van der Waals surface area (Å²) in [5, 5.41) is 2.62. The second kappa shape index (κ2) is 6.55. The van der Waals surface area contributed by atoms with Gasteiger partial charge in [-0.05, 0) is 25.1 Å². The quantitative estimate of drug-likeness (QED) is 0.806. The van der Waals surface area contributed by atoms with Gasteiger partial charge in [0.05, 0.1) is 22.5 Å². The van der Waals surface area contributed by atoms with Crippen LogP contribution in [0.3, 0.4) is 0 Å². The number of halogens is 1. The van der Waals surface area contributed by atoms with Gasteiger partial charge >= 0.3 is 0 Å². The van der Waals surface area contributed by atoms with Crippen LogP contribution in [0.4, 0.5) is 5.69 Å². The van der Waals surface area contributed by atoms with E-state index in [1.807, 2.05) is 0 Å². The van der Waals surface area contributed by atoms with Crippen LogP contribution in [-0.4, -0.2) is 44.7 Å². The second-order valence-corrected chi connectivity index (χ2v) is 7.78. The Morgan fingerprint density at radius 2 is 2.00 bits per heavy atom. The Hall–Kier alpha value is -1.12. The van der Waals surface area contributed by atoms with Gasteiger partial charge in [0, 0.05) is 14.1 Å². The summed E-state index contributed by atoms with van der Waals surface area (Å²) in [6.07, 6.45) is 0. The smallest absolute Gasteiger partial charge is 0.242 e. The summed E-state index contributed by atoms with van der Waals surface area (Å²) in [5.74, 6) is 0.104. The van der Waals surface area contributed by atoms with Gasteiger partial charge in [0.1, 0.15) is 5.75 Å². The zero-order chi connectivity index (χ0) is 15.5. The normalized spacial score (nSPS) is 13.1. The van der Waals surface area contributed by atoms with E-state index < -0.39 is 14.9 Å². The van der Waals surface area contributed by atoms with E-state index in [1.165, 1.54) is 39.4 Å². The third-order valence-electron chi connectivity index (χ3n) is 2.57. The Morgan fingerprint density at radius 3 is 2.45 bits per heavy atom. The van der Waals surface area contributed by atoms with Gasteiger partial charge in [-0.25, -0.2) is 12.7 Å². The lowest BCUT2D eigenvalue weighted by Crippen LogP contribution is -2.23. The zero-order valence-electron chi connectivity index (χ0n) is 11.7. The van der Waals surface area contributed by atoms with Gasteiger partial charge < -0.3 is 10.1 Å². The third kappa shape index (κ3) is 3.71. The predicted octanol–water partition coefficient (Wildman–Crippen LogP) is 1.67. The average Bonchev–Trinajstić information content (AvgIpc) is 2.38. The minimum atomic E-state index is -3.57. The molecule has 0 aliphatic rings. The van der Waals surface area contributed by atoms with Crippen LogP contribution in [-0.2, 0) is 14.8 Å². The number of carbonyl (C=O) groups excluding carboxylic acids is 1. The molecule has 1 aromatic carbocycles. The molecule has 0 aromatic heterocycles. The fourth-order valence-corrected chi connectivity index (χ4v) is 2.43. The monoisotopic (exact) mass is 364 g/mol. The lowest BCUT2D eigenvalue weighted by Gasteiger charge is -2.15. The molecule has 0 spiro atoms. The highest BCUT2D eigenvalue weighted by Gasteiger charge is 2.20. The van der Waals surface area contributed by atoms with Gasteiger partial charge in [0.2, 0.25) is 15.9 Å². The topological polar surface area (TPSA) is 75.7 Å². The first-order chi connectivity index (χ1) is 9.20. The average molecular weight is 365 g/mol. The highest BCUT2D eigenvalue weighted by molar-refractivity contribution is 9.10. The molecule has 0 saturated carbocycles. The molecule has 6 nitrogen and oxygen atoms in total. The molecule has 0 aliphatic carbocycles. The molecule has 0 fully saturated rings. The molecule has 20 heavy (non-hydrogen) atoms. The first kappa shape index (κ1) is 16.9. The highest BCUT2D eigenvalue weighted by atomic mass is 79.9. The molecule has 0 bridgehead atoms. The lowest BCUT2D eigenvalue weighted by atomic mass is 10.3. The molecule has 0 heterocycles. The SMILES string of the molecule is COc1ccc(S(=O)(=O)N(C)C)cc1NC(=O)C(C)Br. The number of benzene rings is 1. The Kier molecular flexibility index (Phi) is 5.55. The van der Waals surface area contributed by atoms with E-state index in [9.17, 15) is 13.2 Å². The van der Waals surface area contributed by atoms with Crippen LogP contribution in [0.2, 0.25) is 0 Å². The number of hydrogen-bond donors (Lipinski definition) is 1. The maximum Gasteiger partial charge on any atom is 0.242 e. The molecule has 1 amide bonds. The fourth-order valence-electron chi connectivity index (χ4n) is 1.39. The summed E-state index contributed by atoms with van der Waals surface area (Å²) >= 11 is 3.15. The minimum absolute atomic E-state index is 0.0841. The number of methoxy groups -OCH3 is 1. The molecule has 1 aromatic rings. The first-order valence-electron chi connectivity index (χ1n) is 5.75. The van der Waals surface area contributed by atoms with Crippen molar-refractivity contribution in [3.63, 3.8) is 0 Å².